The summed E-state index contributed by atoms with van der Waals surface area (Å²) in [5.41, 5.74) is 2.83. The van der Waals surface area contributed by atoms with Crippen LogP contribution in [0, 0.1) is 13.8 Å². The predicted molar refractivity (Wildman–Crippen MR) is 107 cm³/mol. The summed E-state index contributed by atoms with van der Waals surface area (Å²) in [5.74, 6) is 0.739. The van der Waals surface area contributed by atoms with Crippen molar-refractivity contribution in [2.24, 2.45) is 0 Å². The minimum Gasteiger partial charge on any atom is -0.485 e. The number of nitrogens with zero attached hydrogens (tertiary/aromatic N) is 1. The molecule has 1 aliphatic heterocycles. The molecule has 1 saturated heterocycles. The molecule has 6 nitrogen and oxygen atoms in total. The molecule has 0 N–H and O–H groups in total. The summed E-state index contributed by atoms with van der Waals surface area (Å²) in [6, 6.07) is 8.44. The van der Waals surface area contributed by atoms with Crippen LogP contribution in [0.15, 0.2) is 30.3 Å². The van der Waals surface area contributed by atoms with Crippen LogP contribution in [0.25, 0.3) is 0 Å². The average molecular weight is 404 g/mol. The lowest BCUT2D eigenvalue weighted by molar-refractivity contribution is 0.0919. The van der Waals surface area contributed by atoms with E-state index in [-0.39, 0.29) is 35.7 Å². The summed E-state index contributed by atoms with van der Waals surface area (Å²) < 4.78 is 31.2. The highest BCUT2D eigenvalue weighted by Crippen LogP contribution is 2.29. The van der Waals surface area contributed by atoms with Gasteiger partial charge in [-0.05, 0) is 50.6 Å². The number of ketones is 2. The van der Waals surface area contributed by atoms with Gasteiger partial charge in [0.1, 0.15) is 5.75 Å². The van der Waals surface area contributed by atoms with E-state index < -0.39 is 9.84 Å². The second-order valence-electron chi connectivity index (χ2n) is 7.22. The molecule has 0 amide bonds. The normalized spacial score (nSPS) is 18.2. The largest absolute Gasteiger partial charge is 0.485 e. The van der Waals surface area contributed by atoms with Gasteiger partial charge in [0.15, 0.2) is 22.2 Å². The van der Waals surface area contributed by atoms with Crippen molar-refractivity contribution in [2.75, 3.05) is 18.1 Å². The predicted octanol–water partition coefficient (Wildman–Crippen LogP) is 3.32. The fourth-order valence-electron chi connectivity index (χ4n) is 3.77. The van der Waals surface area contributed by atoms with Gasteiger partial charge in [-0.2, -0.15) is 0 Å². The first kappa shape index (κ1) is 20.3. The standard InChI is InChI=1S/C21H25NO5S/c1-4-20(23)16-5-7-18(8-6-16)27-12-21(24)19-11-14(2)22(15(19)3)17-9-10-28(25,26)13-17/h5-8,11,17H,4,9-10,12-13H2,1-3H3. The quantitative estimate of drug-likeness (QED) is 0.663. The first-order chi connectivity index (χ1) is 13.2. The summed E-state index contributed by atoms with van der Waals surface area (Å²) in [6.45, 7) is 5.42. The van der Waals surface area contributed by atoms with E-state index in [1.165, 1.54) is 0 Å². The Morgan fingerprint density at radius 3 is 2.39 bits per heavy atom. The van der Waals surface area contributed by atoms with Gasteiger partial charge in [0.2, 0.25) is 5.78 Å². The molecule has 1 fully saturated rings. The molecule has 1 atom stereocenters. The van der Waals surface area contributed by atoms with Gasteiger partial charge in [-0.3, -0.25) is 9.59 Å². The van der Waals surface area contributed by atoms with Crippen molar-refractivity contribution >= 4 is 21.4 Å². The molecule has 7 heteroatoms. The summed E-state index contributed by atoms with van der Waals surface area (Å²) in [6.07, 6.45) is 1.02. The molecule has 2 aromatic rings. The van der Waals surface area contributed by atoms with Gasteiger partial charge < -0.3 is 9.30 Å². The van der Waals surface area contributed by atoms with Crippen molar-refractivity contribution in [3.8, 4) is 5.75 Å². The molecule has 28 heavy (non-hydrogen) atoms. The van der Waals surface area contributed by atoms with E-state index in [1.807, 2.05) is 25.3 Å². The Labute approximate surface area is 165 Å². The Morgan fingerprint density at radius 1 is 1.14 bits per heavy atom. The summed E-state index contributed by atoms with van der Waals surface area (Å²) in [4.78, 5) is 24.3. The molecule has 0 saturated carbocycles. The van der Waals surface area contributed by atoms with E-state index in [0.717, 1.165) is 11.4 Å². The van der Waals surface area contributed by atoms with E-state index in [1.54, 1.807) is 30.3 Å². The Bertz CT molecular complexity index is 1000. The van der Waals surface area contributed by atoms with Crippen molar-refractivity contribution in [1.29, 1.82) is 0 Å². The van der Waals surface area contributed by atoms with Crippen LogP contribution in [0.3, 0.4) is 0 Å². The number of benzene rings is 1. The number of hydrogen-bond acceptors (Lipinski definition) is 5. The Kier molecular flexibility index (Phi) is 5.74. The van der Waals surface area contributed by atoms with Crippen LogP contribution in [0.2, 0.25) is 0 Å². The number of aromatic nitrogens is 1. The van der Waals surface area contributed by atoms with Gasteiger partial charge in [0, 0.05) is 35.0 Å². The minimum atomic E-state index is -3.00. The second kappa shape index (κ2) is 7.91. The fourth-order valence-corrected chi connectivity index (χ4v) is 5.47. The lowest BCUT2D eigenvalue weighted by Gasteiger charge is -2.16. The van der Waals surface area contributed by atoms with Crippen LogP contribution >= 0.6 is 0 Å². The third kappa shape index (κ3) is 4.19. The molecule has 0 radical (unpaired) electrons. The third-order valence-corrected chi connectivity index (χ3v) is 6.98. The fraction of sp³-hybridized carbons (Fsp3) is 0.429. The zero-order chi connectivity index (χ0) is 20.5. The SMILES string of the molecule is CCC(=O)c1ccc(OCC(=O)c2cc(C)n(C3CCS(=O)(=O)C3)c2C)cc1. The van der Waals surface area contributed by atoms with Crippen LogP contribution < -0.4 is 4.74 Å². The smallest absolute Gasteiger partial charge is 0.202 e. The van der Waals surface area contributed by atoms with Crippen LogP contribution in [0.5, 0.6) is 5.75 Å². The molecular formula is C21H25NO5S. The molecule has 150 valence electrons. The first-order valence-electron chi connectivity index (χ1n) is 9.40. The number of carbonyl (C=O) groups excluding carboxylic acids is 2. The van der Waals surface area contributed by atoms with Gasteiger partial charge in [0.05, 0.1) is 11.5 Å². The van der Waals surface area contributed by atoms with E-state index in [9.17, 15) is 18.0 Å². The lowest BCUT2D eigenvalue weighted by atomic mass is 10.1. The highest BCUT2D eigenvalue weighted by atomic mass is 32.2. The van der Waals surface area contributed by atoms with Crippen LogP contribution in [0.1, 0.15) is 57.9 Å². The number of rotatable bonds is 7. The third-order valence-electron chi connectivity index (χ3n) is 5.23. The van der Waals surface area contributed by atoms with Gasteiger partial charge in [0.25, 0.3) is 0 Å². The Hall–Kier alpha value is -2.41. The average Bonchev–Trinajstić information content (AvgIpc) is 3.17. The minimum absolute atomic E-state index is 0.0593. The maximum atomic E-state index is 12.7. The zero-order valence-electron chi connectivity index (χ0n) is 16.4. The second-order valence-corrected chi connectivity index (χ2v) is 9.45. The van der Waals surface area contributed by atoms with E-state index in [4.69, 9.17) is 4.74 Å². The number of ether oxygens (including phenoxy) is 1. The molecule has 1 aromatic heterocycles. The highest BCUT2D eigenvalue weighted by Gasteiger charge is 2.31. The van der Waals surface area contributed by atoms with Crippen LogP contribution in [0.4, 0.5) is 0 Å². The molecule has 1 aliphatic rings. The Morgan fingerprint density at radius 2 is 1.82 bits per heavy atom. The van der Waals surface area contributed by atoms with Crippen molar-refractivity contribution in [3.63, 3.8) is 0 Å². The van der Waals surface area contributed by atoms with Crippen LogP contribution in [-0.4, -0.2) is 42.7 Å². The first-order valence-corrected chi connectivity index (χ1v) is 11.2. The zero-order valence-corrected chi connectivity index (χ0v) is 17.2. The molecule has 1 aromatic carbocycles. The maximum Gasteiger partial charge on any atom is 0.202 e. The van der Waals surface area contributed by atoms with E-state index in [0.29, 0.717) is 29.7 Å². The number of sulfone groups is 1. The van der Waals surface area contributed by atoms with Crippen molar-refractivity contribution in [2.45, 2.75) is 39.7 Å². The number of aryl methyl sites for hydroxylation is 1. The van der Waals surface area contributed by atoms with Gasteiger partial charge in [-0.1, -0.05) is 6.92 Å². The maximum absolute atomic E-state index is 12.7. The van der Waals surface area contributed by atoms with Crippen LogP contribution in [-0.2, 0) is 9.84 Å². The highest BCUT2D eigenvalue weighted by molar-refractivity contribution is 7.91. The van der Waals surface area contributed by atoms with Gasteiger partial charge in [-0.15, -0.1) is 0 Å². The summed E-state index contributed by atoms with van der Waals surface area (Å²) in [5, 5.41) is 0. The molecule has 0 aliphatic carbocycles. The monoisotopic (exact) mass is 403 g/mol. The van der Waals surface area contributed by atoms with E-state index in [2.05, 4.69) is 0 Å². The molecule has 0 bridgehead atoms. The summed E-state index contributed by atoms with van der Waals surface area (Å²) in [7, 11) is -3.00. The van der Waals surface area contributed by atoms with Crippen molar-refractivity contribution in [3.05, 3.63) is 52.8 Å². The lowest BCUT2D eigenvalue weighted by Crippen LogP contribution is -2.16. The molecule has 1 unspecified atom stereocenters. The van der Waals surface area contributed by atoms with E-state index >= 15 is 0 Å². The molecular weight excluding hydrogens is 378 g/mol. The topological polar surface area (TPSA) is 82.4 Å². The van der Waals surface area contributed by atoms with Crippen molar-refractivity contribution in [1.82, 2.24) is 4.57 Å². The summed E-state index contributed by atoms with van der Waals surface area (Å²) >= 11 is 0. The molecule has 0 spiro atoms. The number of hydrogen-bond donors (Lipinski definition) is 0. The number of carbonyl (C=O) groups is 2. The molecule has 2 heterocycles. The molecule has 3 rings (SSSR count). The Balaban J connectivity index is 1.70. The number of Topliss-reactive ketones (excluding diaryl/α,β-unsaturated/α-hetero) is 2. The van der Waals surface area contributed by atoms with Gasteiger partial charge >= 0.3 is 0 Å². The van der Waals surface area contributed by atoms with Gasteiger partial charge in [-0.25, -0.2) is 8.42 Å². The van der Waals surface area contributed by atoms with Crippen molar-refractivity contribution < 1.29 is 22.7 Å².